The van der Waals surface area contributed by atoms with Crippen molar-refractivity contribution in [2.24, 2.45) is 5.73 Å². The molecule has 4 atom stereocenters. The first-order valence-electron chi connectivity index (χ1n) is 13.4. The van der Waals surface area contributed by atoms with Crippen LogP contribution in [0.3, 0.4) is 0 Å². The Morgan fingerprint density at radius 1 is 0.767 bits per heavy atom. The van der Waals surface area contributed by atoms with Gasteiger partial charge in [0.25, 0.3) is 0 Å². The van der Waals surface area contributed by atoms with E-state index in [4.69, 9.17) is 10.8 Å². The van der Waals surface area contributed by atoms with E-state index >= 15 is 0 Å². The van der Waals surface area contributed by atoms with Crippen LogP contribution in [0, 0.1) is 0 Å². The number of H-pyrrole nitrogens is 1. The van der Waals surface area contributed by atoms with E-state index in [9.17, 15) is 34.2 Å². The Bertz CT molecular complexity index is 1380. The highest BCUT2D eigenvalue weighted by molar-refractivity contribution is 5.94. The van der Waals surface area contributed by atoms with Gasteiger partial charge in [-0.3, -0.25) is 19.2 Å². The van der Waals surface area contributed by atoms with Crippen LogP contribution >= 0.6 is 0 Å². The van der Waals surface area contributed by atoms with Crippen LogP contribution in [0.2, 0.25) is 0 Å². The molecule has 3 amide bonds. The maximum Gasteiger partial charge on any atom is 0.326 e. The number of nitrogens with zero attached hydrogens (tertiary/aromatic N) is 1. The largest absolute Gasteiger partial charge is 0.508 e. The summed E-state index contributed by atoms with van der Waals surface area (Å²) in [5.74, 6) is -4.74. The van der Waals surface area contributed by atoms with Crippen molar-refractivity contribution < 1.29 is 39.3 Å². The number of aromatic hydroxyl groups is 1. The van der Waals surface area contributed by atoms with Gasteiger partial charge in [0.2, 0.25) is 17.7 Å². The number of nitrogens with two attached hydrogens (primary N) is 1. The van der Waals surface area contributed by atoms with Crippen molar-refractivity contribution in [3.05, 3.63) is 83.9 Å². The number of carboxylic acids is 2. The molecule has 3 aromatic rings. The first-order valence-corrected chi connectivity index (χ1v) is 13.4. The van der Waals surface area contributed by atoms with Crippen LogP contribution in [-0.2, 0) is 43.2 Å². The van der Waals surface area contributed by atoms with Gasteiger partial charge in [-0.05, 0) is 29.7 Å². The maximum absolute atomic E-state index is 13.5. The molecule has 14 heteroatoms. The zero-order chi connectivity index (χ0) is 31.4. The van der Waals surface area contributed by atoms with Crippen LogP contribution < -0.4 is 21.7 Å². The SMILES string of the molecule is NC(CCC(=O)O)C(=O)NC(Cc1cnc[nH]1)C(=O)NC(Cc1ccc(O)cc1)C(=O)NC(Cc1ccccc1)C(=O)O. The number of carbonyl (C=O) groups is 5. The highest BCUT2D eigenvalue weighted by Gasteiger charge is 2.31. The Labute approximate surface area is 246 Å². The Balaban J connectivity index is 1.82. The van der Waals surface area contributed by atoms with Gasteiger partial charge in [-0.2, -0.15) is 0 Å². The van der Waals surface area contributed by atoms with Crippen molar-refractivity contribution in [3.8, 4) is 5.75 Å². The smallest absolute Gasteiger partial charge is 0.326 e. The zero-order valence-corrected chi connectivity index (χ0v) is 23.1. The van der Waals surface area contributed by atoms with Gasteiger partial charge in [0.05, 0.1) is 12.4 Å². The summed E-state index contributed by atoms with van der Waals surface area (Å²) in [6, 6.07) is 9.56. The Morgan fingerprint density at radius 3 is 1.91 bits per heavy atom. The van der Waals surface area contributed by atoms with Gasteiger partial charge < -0.3 is 42.0 Å². The number of aromatic amines is 1. The van der Waals surface area contributed by atoms with Crippen molar-refractivity contribution in [2.45, 2.75) is 56.3 Å². The summed E-state index contributed by atoms with van der Waals surface area (Å²) in [7, 11) is 0. The topological polar surface area (TPSA) is 237 Å². The molecule has 0 radical (unpaired) electrons. The molecule has 0 aliphatic carbocycles. The van der Waals surface area contributed by atoms with E-state index in [1.54, 1.807) is 42.5 Å². The van der Waals surface area contributed by atoms with Gasteiger partial charge >= 0.3 is 11.9 Å². The Hall–Kier alpha value is -5.24. The molecule has 228 valence electrons. The fourth-order valence-electron chi connectivity index (χ4n) is 4.19. The molecule has 14 nitrogen and oxygen atoms in total. The Kier molecular flexibility index (Phi) is 11.8. The number of benzene rings is 2. The summed E-state index contributed by atoms with van der Waals surface area (Å²) < 4.78 is 0. The minimum absolute atomic E-state index is 0.00543. The molecule has 0 spiro atoms. The van der Waals surface area contributed by atoms with E-state index in [2.05, 4.69) is 25.9 Å². The number of phenolic OH excluding ortho intramolecular Hbond substituents is 1. The number of hydrogen-bond donors (Lipinski definition) is 8. The fourth-order valence-corrected chi connectivity index (χ4v) is 4.19. The molecule has 2 aromatic carbocycles. The van der Waals surface area contributed by atoms with Gasteiger partial charge in [-0.1, -0.05) is 42.5 Å². The lowest BCUT2D eigenvalue weighted by Crippen LogP contribution is -2.58. The number of carboxylic acid groups (broad SMARTS) is 2. The first kappa shape index (κ1) is 32.3. The van der Waals surface area contributed by atoms with Crippen LogP contribution in [0.15, 0.2) is 67.1 Å². The number of nitrogens with one attached hydrogen (secondary N) is 4. The van der Waals surface area contributed by atoms with E-state index in [0.29, 0.717) is 16.8 Å². The minimum Gasteiger partial charge on any atom is -0.508 e. The van der Waals surface area contributed by atoms with E-state index in [1.165, 1.54) is 24.7 Å². The molecule has 0 fully saturated rings. The van der Waals surface area contributed by atoms with E-state index in [1.807, 2.05) is 0 Å². The van der Waals surface area contributed by atoms with Crippen molar-refractivity contribution >= 4 is 29.7 Å². The number of imidazole rings is 1. The maximum atomic E-state index is 13.5. The summed E-state index contributed by atoms with van der Waals surface area (Å²) >= 11 is 0. The predicted molar refractivity (Wildman–Crippen MR) is 153 cm³/mol. The summed E-state index contributed by atoms with van der Waals surface area (Å²) in [4.78, 5) is 69.4. The number of carbonyl (C=O) groups excluding carboxylic acids is 3. The molecule has 43 heavy (non-hydrogen) atoms. The molecule has 0 aliphatic rings. The van der Waals surface area contributed by atoms with Crippen LogP contribution in [0.25, 0.3) is 0 Å². The van der Waals surface area contributed by atoms with Crippen LogP contribution in [0.4, 0.5) is 0 Å². The third-order valence-electron chi connectivity index (χ3n) is 6.52. The number of amides is 3. The van der Waals surface area contributed by atoms with E-state index in [-0.39, 0.29) is 37.9 Å². The van der Waals surface area contributed by atoms with Crippen molar-refractivity contribution in [1.29, 1.82) is 0 Å². The van der Waals surface area contributed by atoms with Crippen molar-refractivity contribution in [3.63, 3.8) is 0 Å². The first-order chi connectivity index (χ1) is 20.5. The molecule has 0 bridgehead atoms. The van der Waals surface area contributed by atoms with Crippen LogP contribution in [0.5, 0.6) is 5.75 Å². The lowest BCUT2D eigenvalue weighted by atomic mass is 10.0. The highest BCUT2D eigenvalue weighted by Crippen LogP contribution is 2.13. The van der Waals surface area contributed by atoms with Crippen LogP contribution in [-0.4, -0.2) is 79.1 Å². The molecule has 0 aliphatic heterocycles. The monoisotopic (exact) mass is 594 g/mol. The van der Waals surface area contributed by atoms with Gasteiger partial charge in [-0.25, -0.2) is 9.78 Å². The number of rotatable bonds is 16. The van der Waals surface area contributed by atoms with Gasteiger partial charge in [0.15, 0.2) is 0 Å². The summed E-state index contributed by atoms with van der Waals surface area (Å²) in [6.45, 7) is 0. The quantitative estimate of drug-likeness (QED) is 0.109. The van der Waals surface area contributed by atoms with Crippen LogP contribution in [0.1, 0.15) is 29.7 Å². The molecule has 3 rings (SSSR count). The van der Waals surface area contributed by atoms with Gasteiger partial charge in [-0.15, -0.1) is 0 Å². The minimum atomic E-state index is -1.30. The number of phenols is 1. The molecular formula is C29H34N6O8. The third kappa shape index (κ3) is 10.6. The second-order valence-corrected chi connectivity index (χ2v) is 9.90. The summed E-state index contributed by atoms with van der Waals surface area (Å²) in [6.07, 6.45) is 2.16. The molecular weight excluding hydrogens is 560 g/mol. The molecule has 1 heterocycles. The summed E-state index contributed by atoms with van der Waals surface area (Å²) in [5.41, 5.74) is 7.54. The standard InChI is InChI=1S/C29H34N6O8/c30-21(10-11-25(37)38)26(39)33-23(14-19-15-31-16-32-19)28(41)34-22(12-18-6-8-20(36)9-7-18)27(40)35-24(29(42)43)13-17-4-2-1-3-5-17/h1-9,15-16,21-24,36H,10-14,30H2,(H,31,32)(H,33,39)(H,34,41)(H,35,40)(H,37,38)(H,42,43). The second kappa shape index (κ2) is 15.7. The second-order valence-electron chi connectivity index (χ2n) is 9.90. The molecule has 0 saturated carbocycles. The molecule has 9 N–H and O–H groups in total. The average molecular weight is 595 g/mol. The Morgan fingerprint density at radius 2 is 1.33 bits per heavy atom. The molecule has 1 aromatic heterocycles. The van der Waals surface area contributed by atoms with Crippen molar-refractivity contribution in [2.75, 3.05) is 0 Å². The highest BCUT2D eigenvalue weighted by atomic mass is 16.4. The summed E-state index contributed by atoms with van der Waals surface area (Å²) in [5, 5.41) is 36.0. The number of aromatic nitrogens is 2. The van der Waals surface area contributed by atoms with Gasteiger partial charge in [0, 0.05) is 37.6 Å². The molecule has 4 unspecified atom stereocenters. The average Bonchev–Trinajstić information content (AvgIpc) is 3.49. The lowest BCUT2D eigenvalue weighted by molar-refractivity contribution is -0.142. The van der Waals surface area contributed by atoms with E-state index in [0.717, 1.165) is 0 Å². The fraction of sp³-hybridized carbons (Fsp3) is 0.310. The predicted octanol–water partition coefficient (Wildman–Crippen LogP) is -0.126. The van der Waals surface area contributed by atoms with E-state index < -0.39 is 53.8 Å². The van der Waals surface area contributed by atoms with Gasteiger partial charge in [0.1, 0.15) is 23.9 Å². The normalized spacial score (nSPS) is 13.6. The zero-order valence-electron chi connectivity index (χ0n) is 23.1. The number of hydrogen-bond acceptors (Lipinski definition) is 8. The van der Waals surface area contributed by atoms with Crippen molar-refractivity contribution in [1.82, 2.24) is 25.9 Å². The lowest BCUT2D eigenvalue weighted by Gasteiger charge is -2.25. The third-order valence-corrected chi connectivity index (χ3v) is 6.52. The molecule has 0 saturated heterocycles. The number of aliphatic carboxylic acids is 2.